The lowest BCUT2D eigenvalue weighted by molar-refractivity contribution is -0.0488. The predicted molar refractivity (Wildman–Crippen MR) is 74.5 cm³/mol. The minimum absolute atomic E-state index is 0.152. The standard InChI is InChI=1S/C15H22N2O3/c18-13-5-4-12(6-9-17-7-2-1-3-8-17)16-14(13)15-19-10-11-20-15/h4-5,15,18H,1-3,6-11H2. The van der Waals surface area contributed by atoms with Crippen LogP contribution in [0.4, 0.5) is 0 Å². The summed E-state index contributed by atoms with van der Waals surface area (Å²) in [6.45, 7) is 4.54. The van der Waals surface area contributed by atoms with Crippen molar-refractivity contribution in [2.75, 3.05) is 32.8 Å². The van der Waals surface area contributed by atoms with Gasteiger partial charge in [-0.25, -0.2) is 4.98 Å². The van der Waals surface area contributed by atoms with Crippen LogP contribution >= 0.6 is 0 Å². The quantitative estimate of drug-likeness (QED) is 0.911. The van der Waals surface area contributed by atoms with Gasteiger partial charge in [-0.2, -0.15) is 0 Å². The number of aromatic nitrogens is 1. The largest absolute Gasteiger partial charge is 0.506 e. The van der Waals surface area contributed by atoms with E-state index in [0.717, 1.165) is 18.7 Å². The highest BCUT2D eigenvalue weighted by molar-refractivity contribution is 5.29. The summed E-state index contributed by atoms with van der Waals surface area (Å²) < 4.78 is 10.8. The Morgan fingerprint density at radius 2 is 1.90 bits per heavy atom. The highest BCUT2D eigenvalue weighted by Crippen LogP contribution is 2.28. The third-order valence-electron chi connectivity index (χ3n) is 3.94. The van der Waals surface area contributed by atoms with Crippen molar-refractivity contribution in [2.45, 2.75) is 32.0 Å². The minimum Gasteiger partial charge on any atom is -0.506 e. The van der Waals surface area contributed by atoms with Gasteiger partial charge in [0.05, 0.1) is 13.2 Å². The topological polar surface area (TPSA) is 54.8 Å². The summed E-state index contributed by atoms with van der Waals surface area (Å²) in [5.74, 6) is 0.152. The van der Waals surface area contributed by atoms with Crippen LogP contribution in [0.5, 0.6) is 5.75 Å². The molecule has 0 bridgehead atoms. The zero-order valence-electron chi connectivity index (χ0n) is 11.8. The molecule has 0 unspecified atom stereocenters. The first-order valence-electron chi connectivity index (χ1n) is 7.47. The fourth-order valence-electron chi connectivity index (χ4n) is 2.79. The Bertz CT molecular complexity index is 441. The summed E-state index contributed by atoms with van der Waals surface area (Å²) in [7, 11) is 0. The first-order valence-corrected chi connectivity index (χ1v) is 7.47. The van der Waals surface area contributed by atoms with E-state index in [-0.39, 0.29) is 5.75 Å². The summed E-state index contributed by atoms with van der Waals surface area (Å²) in [4.78, 5) is 7.00. The molecule has 1 aromatic rings. The van der Waals surface area contributed by atoms with Gasteiger partial charge in [0.1, 0.15) is 11.4 Å². The van der Waals surface area contributed by atoms with Gasteiger partial charge in [-0.15, -0.1) is 0 Å². The summed E-state index contributed by atoms with van der Waals surface area (Å²) in [6, 6.07) is 3.58. The lowest BCUT2D eigenvalue weighted by Crippen LogP contribution is -2.31. The Hall–Kier alpha value is -1.17. The van der Waals surface area contributed by atoms with Gasteiger partial charge < -0.3 is 19.5 Å². The molecule has 20 heavy (non-hydrogen) atoms. The molecule has 3 rings (SSSR count). The molecule has 2 fully saturated rings. The Morgan fingerprint density at radius 3 is 2.65 bits per heavy atom. The number of hydrogen-bond acceptors (Lipinski definition) is 5. The van der Waals surface area contributed by atoms with E-state index in [2.05, 4.69) is 9.88 Å². The maximum atomic E-state index is 9.88. The van der Waals surface area contributed by atoms with Crippen molar-refractivity contribution in [3.8, 4) is 5.75 Å². The fourth-order valence-corrected chi connectivity index (χ4v) is 2.79. The van der Waals surface area contributed by atoms with Gasteiger partial charge in [-0.05, 0) is 38.1 Å². The summed E-state index contributed by atoms with van der Waals surface area (Å²) >= 11 is 0. The number of aromatic hydroxyl groups is 1. The van der Waals surface area contributed by atoms with E-state index >= 15 is 0 Å². The van der Waals surface area contributed by atoms with E-state index in [0.29, 0.717) is 18.9 Å². The Balaban J connectivity index is 1.62. The van der Waals surface area contributed by atoms with Gasteiger partial charge in [0.15, 0.2) is 0 Å². The zero-order chi connectivity index (χ0) is 13.8. The van der Waals surface area contributed by atoms with Gasteiger partial charge in [0.2, 0.25) is 6.29 Å². The van der Waals surface area contributed by atoms with Gasteiger partial charge in [-0.3, -0.25) is 0 Å². The molecule has 0 atom stereocenters. The summed E-state index contributed by atoms with van der Waals surface area (Å²) in [5.41, 5.74) is 1.50. The smallest absolute Gasteiger partial charge is 0.204 e. The van der Waals surface area contributed by atoms with Crippen molar-refractivity contribution in [3.63, 3.8) is 0 Å². The molecule has 110 valence electrons. The van der Waals surface area contributed by atoms with Crippen LogP contribution < -0.4 is 0 Å². The highest BCUT2D eigenvalue weighted by atomic mass is 16.7. The van der Waals surface area contributed by atoms with E-state index in [1.165, 1.54) is 32.4 Å². The molecule has 5 nitrogen and oxygen atoms in total. The number of nitrogens with zero attached hydrogens (tertiary/aromatic N) is 2. The second-order valence-corrected chi connectivity index (χ2v) is 5.43. The number of pyridine rings is 1. The van der Waals surface area contributed by atoms with Crippen LogP contribution in [0.25, 0.3) is 0 Å². The molecule has 0 amide bonds. The average molecular weight is 278 g/mol. The first-order chi connectivity index (χ1) is 9.83. The summed E-state index contributed by atoms with van der Waals surface area (Å²) in [5, 5.41) is 9.88. The minimum atomic E-state index is -0.509. The van der Waals surface area contributed by atoms with Crippen LogP contribution in [0.15, 0.2) is 12.1 Å². The van der Waals surface area contributed by atoms with Crippen LogP contribution in [0, 0.1) is 0 Å². The number of ether oxygens (including phenoxy) is 2. The molecule has 2 aliphatic heterocycles. The van der Waals surface area contributed by atoms with Crippen LogP contribution in [-0.4, -0.2) is 47.8 Å². The second kappa shape index (κ2) is 6.52. The molecule has 0 spiro atoms. The van der Waals surface area contributed by atoms with E-state index in [4.69, 9.17) is 9.47 Å². The maximum Gasteiger partial charge on any atom is 0.204 e. The molecule has 0 saturated carbocycles. The van der Waals surface area contributed by atoms with Crippen molar-refractivity contribution < 1.29 is 14.6 Å². The zero-order valence-corrected chi connectivity index (χ0v) is 11.8. The molecule has 0 aliphatic carbocycles. The first kappa shape index (κ1) is 13.8. The third kappa shape index (κ3) is 3.29. The molecule has 2 aliphatic rings. The SMILES string of the molecule is Oc1ccc(CCN2CCCCC2)nc1C1OCCO1. The maximum absolute atomic E-state index is 9.88. The van der Waals surface area contributed by atoms with Crippen LogP contribution in [0.2, 0.25) is 0 Å². The fraction of sp³-hybridized carbons (Fsp3) is 0.667. The highest BCUT2D eigenvalue weighted by Gasteiger charge is 2.23. The van der Waals surface area contributed by atoms with E-state index in [1.54, 1.807) is 6.07 Å². The molecule has 0 aromatic carbocycles. The van der Waals surface area contributed by atoms with Crippen molar-refractivity contribution in [1.82, 2.24) is 9.88 Å². The number of likely N-dealkylation sites (tertiary alicyclic amines) is 1. The van der Waals surface area contributed by atoms with Crippen molar-refractivity contribution in [1.29, 1.82) is 0 Å². The molecule has 5 heteroatoms. The van der Waals surface area contributed by atoms with Crippen molar-refractivity contribution in [2.24, 2.45) is 0 Å². The normalized spacial score (nSPS) is 21.4. The van der Waals surface area contributed by atoms with Gasteiger partial charge in [0.25, 0.3) is 0 Å². The van der Waals surface area contributed by atoms with E-state index in [9.17, 15) is 5.11 Å². The van der Waals surface area contributed by atoms with Gasteiger partial charge >= 0.3 is 0 Å². The Morgan fingerprint density at radius 1 is 1.15 bits per heavy atom. The van der Waals surface area contributed by atoms with Crippen molar-refractivity contribution >= 4 is 0 Å². The van der Waals surface area contributed by atoms with E-state index in [1.807, 2.05) is 6.07 Å². The van der Waals surface area contributed by atoms with Crippen molar-refractivity contribution in [3.05, 3.63) is 23.5 Å². The molecule has 2 saturated heterocycles. The number of rotatable bonds is 4. The Kier molecular flexibility index (Phi) is 4.50. The third-order valence-corrected chi connectivity index (χ3v) is 3.94. The van der Waals surface area contributed by atoms with Crippen LogP contribution in [-0.2, 0) is 15.9 Å². The molecule has 0 radical (unpaired) electrons. The summed E-state index contributed by atoms with van der Waals surface area (Å²) in [6.07, 6.45) is 4.36. The van der Waals surface area contributed by atoms with Crippen LogP contribution in [0.1, 0.15) is 36.9 Å². The second-order valence-electron chi connectivity index (χ2n) is 5.43. The lowest BCUT2D eigenvalue weighted by Gasteiger charge is -2.26. The average Bonchev–Trinajstić information content (AvgIpc) is 3.01. The predicted octanol–water partition coefficient (Wildman–Crippen LogP) is 1.86. The van der Waals surface area contributed by atoms with E-state index < -0.39 is 6.29 Å². The number of piperidine rings is 1. The monoisotopic (exact) mass is 278 g/mol. The molecule has 1 N–H and O–H groups in total. The van der Waals surface area contributed by atoms with Gasteiger partial charge in [-0.1, -0.05) is 6.42 Å². The number of hydrogen-bond donors (Lipinski definition) is 1. The molecule has 3 heterocycles. The molecular weight excluding hydrogens is 256 g/mol. The molecular formula is C15H22N2O3. The Labute approximate surface area is 119 Å². The van der Waals surface area contributed by atoms with Crippen LogP contribution in [0.3, 0.4) is 0 Å². The van der Waals surface area contributed by atoms with Gasteiger partial charge in [0, 0.05) is 18.7 Å². The lowest BCUT2D eigenvalue weighted by atomic mass is 10.1. The molecule has 1 aromatic heterocycles.